The summed E-state index contributed by atoms with van der Waals surface area (Å²) in [4.78, 5) is 18.5. The fourth-order valence-corrected chi connectivity index (χ4v) is 3.96. The Morgan fingerprint density at radius 3 is 2.82 bits per heavy atom. The maximum absolute atomic E-state index is 13.0. The number of nitrogens with one attached hydrogen (secondary N) is 1. The topological polar surface area (TPSA) is 105 Å². The number of fused-ring (bicyclic) bond motifs is 2. The minimum absolute atomic E-state index is 0.0230. The number of aromatic nitrogens is 4. The predicted molar refractivity (Wildman–Crippen MR) is 102 cm³/mol. The number of carbonyl (C=O) groups excluding carboxylic acids is 1. The summed E-state index contributed by atoms with van der Waals surface area (Å²) < 4.78 is 0. The summed E-state index contributed by atoms with van der Waals surface area (Å²) in [6.07, 6.45) is 3.92. The molecule has 28 heavy (non-hydrogen) atoms. The van der Waals surface area contributed by atoms with Crippen molar-refractivity contribution in [2.24, 2.45) is 0 Å². The molecule has 1 amide bonds. The van der Waals surface area contributed by atoms with E-state index in [1.54, 1.807) is 16.0 Å². The van der Waals surface area contributed by atoms with Crippen LogP contribution in [0.5, 0.6) is 0 Å². The first kappa shape index (κ1) is 16.6. The molecule has 140 valence electrons. The number of hydrogen-bond donors (Lipinski definition) is 1. The lowest BCUT2D eigenvalue weighted by molar-refractivity contribution is -0.127. The fraction of sp³-hybridized carbons (Fsp3) is 0.316. The number of rotatable bonds is 2. The Bertz CT molecular complexity index is 1070. The molecule has 0 unspecified atom stereocenters. The van der Waals surface area contributed by atoms with Gasteiger partial charge in [0.15, 0.2) is 12.0 Å². The van der Waals surface area contributed by atoms with Crippen LogP contribution in [0, 0.1) is 11.5 Å². The molecule has 3 aromatic rings. The molecule has 5 rings (SSSR count). The molecule has 0 saturated carbocycles. The Hall–Kier alpha value is -3.51. The molecule has 0 bridgehead atoms. The van der Waals surface area contributed by atoms with E-state index in [0.29, 0.717) is 25.5 Å². The van der Waals surface area contributed by atoms with Crippen LogP contribution in [0.4, 0.5) is 5.82 Å². The zero-order valence-electron chi connectivity index (χ0n) is 15.1. The third-order valence-electron chi connectivity index (χ3n) is 5.48. The van der Waals surface area contributed by atoms with E-state index in [2.05, 4.69) is 31.5 Å². The molecule has 0 aliphatic carbocycles. The highest BCUT2D eigenvalue weighted by atomic mass is 16.2. The van der Waals surface area contributed by atoms with Crippen molar-refractivity contribution in [3.8, 4) is 17.5 Å². The Morgan fingerprint density at radius 1 is 1.11 bits per heavy atom. The second-order valence-electron chi connectivity index (χ2n) is 7.00. The molecule has 2 aromatic heterocycles. The average molecular weight is 374 g/mol. The van der Waals surface area contributed by atoms with Gasteiger partial charge in [-0.3, -0.25) is 19.7 Å². The maximum atomic E-state index is 13.0. The number of H-pyrrole nitrogens is 1. The molecule has 2 aliphatic heterocycles. The van der Waals surface area contributed by atoms with Crippen molar-refractivity contribution < 1.29 is 4.79 Å². The first-order chi connectivity index (χ1) is 13.7. The summed E-state index contributed by atoms with van der Waals surface area (Å²) in [6.45, 7) is 3.19. The number of nitrogens with zero attached hydrogens (tertiary/aromatic N) is 7. The van der Waals surface area contributed by atoms with Crippen molar-refractivity contribution in [3.05, 3.63) is 36.5 Å². The summed E-state index contributed by atoms with van der Waals surface area (Å²) in [7, 11) is 0. The fourth-order valence-electron chi connectivity index (χ4n) is 3.96. The van der Waals surface area contributed by atoms with Crippen LogP contribution in [-0.4, -0.2) is 74.9 Å². The first-order valence-corrected chi connectivity index (χ1v) is 9.21. The van der Waals surface area contributed by atoms with Crippen LogP contribution >= 0.6 is 0 Å². The maximum Gasteiger partial charge on any atom is 0.247 e. The van der Waals surface area contributed by atoms with Gasteiger partial charge in [0.05, 0.1) is 24.0 Å². The van der Waals surface area contributed by atoms with E-state index in [1.165, 1.54) is 0 Å². The van der Waals surface area contributed by atoms with Gasteiger partial charge in [0.2, 0.25) is 5.91 Å². The van der Waals surface area contributed by atoms with Gasteiger partial charge in [0.1, 0.15) is 6.04 Å². The van der Waals surface area contributed by atoms with Gasteiger partial charge in [0, 0.05) is 37.1 Å². The van der Waals surface area contributed by atoms with Crippen LogP contribution in [-0.2, 0) is 4.79 Å². The van der Waals surface area contributed by atoms with Gasteiger partial charge in [-0.1, -0.05) is 12.1 Å². The third-order valence-corrected chi connectivity index (χ3v) is 5.48. The molecule has 0 spiro atoms. The van der Waals surface area contributed by atoms with Crippen molar-refractivity contribution in [2.75, 3.05) is 37.6 Å². The predicted octanol–water partition coefficient (Wildman–Crippen LogP) is 0.834. The molecule has 1 atom stereocenters. The van der Waals surface area contributed by atoms with Gasteiger partial charge < -0.3 is 4.90 Å². The Labute approximate surface area is 161 Å². The molecule has 0 radical (unpaired) electrons. The van der Waals surface area contributed by atoms with E-state index in [1.807, 2.05) is 30.3 Å². The van der Waals surface area contributed by atoms with E-state index in [9.17, 15) is 4.79 Å². The number of carbonyl (C=O) groups is 1. The van der Waals surface area contributed by atoms with E-state index >= 15 is 0 Å². The smallest absolute Gasteiger partial charge is 0.247 e. The highest BCUT2D eigenvalue weighted by Gasteiger charge is 2.39. The third kappa shape index (κ3) is 2.66. The van der Waals surface area contributed by atoms with Crippen LogP contribution in [0.25, 0.3) is 22.2 Å². The summed E-state index contributed by atoms with van der Waals surface area (Å²) >= 11 is 0. The summed E-state index contributed by atoms with van der Waals surface area (Å²) in [5, 5.41) is 25.9. The van der Waals surface area contributed by atoms with Crippen LogP contribution in [0.3, 0.4) is 0 Å². The largest absolute Gasteiger partial charge is 0.307 e. The van der Waals surface area contributed by atoms with E-state index in [4.69, 9.17) is 5.26 Å². The zero-order valence-corrected chi connectivity index (χ0v) is 15.1. The second-order valence-corrected chi connectivity index (χ2v) is 7.00. The lowest BCUT2D eigenvalue weighted by Crippen LogP contribution is -2.64. The SMILES string of the molecule is N#CN1CCN2CCN(c3ccc(-c4cccc5[nH]ncc45)nn3)C(=O)[C@H]2C1. The molecule has 2 saturated heterocycles. The number of benzene rings is 1. The van der Waals surface area contributed by atoms with Gasteiger partial charge in [0.25, 0.3) is 0 Å². The second kappa shape index (κ2) is 6.58. The van der Waals surface area contributed by atoms with Gasteiger partial charge in [-0.25, -0.2) is 0 Å². The van der Waals surface area contributed by atoms with Crippen LogP contribution in [0.1, 0.15) is 0 Å². The summed E-state index contributed by atoms with van der Waals surface area (Å²) in [6, 6.07) is 9.29. The van der Waals surface area contributed by atoms with Crippen molar-refractivity contribution in [3.63, 3.8) is 0 Å². The van der Waals surface area contributed by atoms with Crippen molar-refractivity contribution >= 4 is 22.6 Å². The van der Waals surface area contributed by atoms with E-state index < -0.39 is 0 Å². The molecule has 4 heterocycles. The minimum Gasteiger partial charge on any atom is -0.307 e. The highest BCUT2D eigenvalue weighted by molar-refractivity contribution is 5.98. The van der Waals surface area contributed by atoms with Gasteiger partial charge >= 0.3 is 0 Å². The van der Waals surface area contributed by atoms with E-state index in [0.717, 1.165) is 35.2 Å². The quantitative estimate of drug-likeness (QED) is 0.663. The molecule has 2 fully saturated rings. The first-order valence-electron chi connectivity index (χ1n) is 9.21. The number of nitriles is 1. The zero-order chi connectivity index (χ0) is 19.1. The molecule has 9 nitrogen and oxygen atoms in total. The lowest BCUT2D eigenvalue weighted by atomic mass is 10.1. The normalized spacial score (nSPS) is 20.2. The van der Waals surface area contributed by atoms with Gasteiger partial charge in [-0.2, -0.15) is 10.4 Å². The van der Waals surface area contributed by atoms with Crippen molar-refractivity contribution in [1.82, 2.24) is 30.2 Å². The van der Waals surface area contributed by atoms with Crippen molar-refractivity contribution in [1.29, 1.82) is 5.26 Å². The molecule has 1 aromatic carbocycles. The molecular weight excluding hydrogens is 356 g/mol. The summed E-state index contributed by atoms with van der Waals surface area (Å²) in [5.41, 5.74) is 2.61. The van der Waals surface area contributed by atoms with Crippen LogP contribution in [0.2, 0.25) is 0 Å². The van der Waals surface area contributed by atoms with Crippen LogP contribution in [0.15, 0.2) is 36.5 Å². The minimum atomic E-state index is -0.302. The van der Waals surface area contributed by atoms with Gasteiger partial charge in [-0.05, 0) is 18.2 Å². The van der Waals surface area contributed by atoms with Gasteiger partial charge in [-0.15, -0.1) is 10.2 Å². The summed E-state index contributed by atoms with van der Waals surface area (Å²) in [5.74, 6) is 0.520. The molecular formula is C19H18N8O. The molecule has 9 heteroatoms. The van der Waals surface area contributed by atoms with Crippen molar-refractivity contribution in [2.45, 2.75) is 6.04 Å². The number of amides is 1. The monoisotopic (exact) mass is 374 g/mol. The lowest BCUT2D eigenvalue weighted by Gasteiger charge is -2.44. The molecule has 2 aliphatic rings. The number of anilines is 1. The van der Waals surface area contributed by atoms with Crippen LogP contribution < -0.4 is 4.90 Å². The number of piperazine rings is 2. The highest BCUT2D eigenvalue weighted by Crippen LogP contribution is 2.27. The number of hydrogen-bond acceptors (Lipinski definition) is 7. The number of aromatic amines is 1. The average Bonchev–Trinajstić information content (AvgIpc) is 3.23. The Kier molecular flexibility index (Phi) is 3.91. The molecule has 1 N–H and O–H groups in total. The Morgan fingerprint density at radius 2 is 2.00 bits per heavy atom. The standard InChI is InChI=1S/C19H18N8O/c20-12-25-6-7-26-8-9-27(19(28)17(26)11-25)18-5-4-16(23-24-18)13-2-1-3-15-14(13)10-21-22-15/h1-5,10,17H,6-9,11H2,(H,21,22)/t17-/m1/s1. The Balaban J connectivity index is 1.41. The van der Waals surface area contributed by atoms with E-state index in [-0.39, 0.29) is 11.9 Å².